The summed E-state index contributed by atoms with van der Waals surface area (Å²) in [4.78, 5) is 4.43. The zero-order chi connectivity index (χ0) is 11.7. The maximum atomic E-state index is 5.46. The van der Waals surface area contributed by atoms with E-state index in [0.29, 0.717) is 0 Å². The minimum Gasteiger partial charge on any atom is -0.461 e. The standard InChI is InChI=1S/C13H17N3O.2ClH/c1-13(4-6-14-7-5-13)16-9-8-15-12(16)11-3-2-10-17-11;;/h2-3,8-10,14H,4-7H2,1H3;2*1H. The fourth-order valence-corrected chi connectivity index (χ4v) is 2.53. The van der Waals surface area contributed by atoms with Crippen LogP contribution in [0.1, 0.15) is 19.8 Å². The molecule has 0 aromatic carbocycles. The molecular formula is C13H19Cl2N3O. The first-order valence-corrected chi connectivity index (χ1v) is 6.08. The molecule has 106 valence electrons. The Kier molecular flexibility index (Phi) is 5.47. The maximum Gasteiger partial charge on any atom is 0.176 e. The minimum atomic E-state index is 0. The molecule has 1 N–H and O–H groups in total. The Morgan fingerprint density at radius 2 is 2.05 bits per heavy atom. The highest BCUT2D eigenvalue weighted by Gasteiger charge is 2.30. The molecule has 0 radical (unpaired) electrons. The molecule has 1 aliphatic rings. The number of piperidine rings is 1. The molecule has 6 heteroatoms. The monoisotopic (exact) mass is 303 g/mol. The van der Waals surface area contributed by atoms with Crippen LogP contribution in [0.5, 0.6) is 0 Å². The predicted octanol–water partition coefficient (Wildman–Crippen LogP) is 3.09. The van der Waals surface area contributed by atoms with Crippen LogP contribution in [0.2, 0.25) is 0 Å². The van der Waals surface area contributed by atoms with Crippen molar-refractivity contribution in [2.75, 3.05) is 13.1 Å². The molecule has 3 heterocycles. The molecular weight excluding hydrogens is 285 g/mol. The molecule has 1 fully saturated rings. The molecule has 0 saturated carbocycles. The number of halogens is 2. The highest BCUT2D eigenvalue weighted by molar-refractivity contribution is 5.85. The Bertz CT molecular complexity index is 490. The summed E-state index contributed by atoms with van der Waals surface area (Å²) in [7, 11) is 0. The number of furan rings is 1. The van der Waals surface area contributed by atoms with Gasteiger partial charge in [0.2, 0.25) is 0 Å². The summed E-state index contributed by atoms with van der Waals surface area (Å²) < 4.78 is 7.71. The van der Waals surface area contributed by atoms with E-state index in [4.69, 9.17) is 4.42 Å². The molecule has 19 heavy (non-hydrogen) atoms. The summed E-state index contributed by atoms with van der Waals surface area (Å²) in [6, 6.07) is 3.86. The first kappa shape index (κ1) is 16.1. The second-order valence-electron chi connectivity index (χ2n) is 4.85. The molecule has 0 amide bonds. The molecule has 1 saturated heterocycles. The summed E-state index contributed by atoms with van der Waals surface area (Å²) >= 11 is 0. The van der Waals surface area contributed by atoms with E-state index in [2.05, 4.69) is 28.0 Å². The first-order valence-electron chi connectivity index (χ1n) is 6.08. The molecule has 0 spiro atoms. The van der Waals surface area contributed by atoms with Gasteiger partial charge in [-0.25, -0.2) is 4.98 Å². The third kappa shape index (κ3) is 2.96. The Balaban J connectivity index is 0.000000902. The second kappa shape index (κ2) is 6.46. The lowest BCUT2D eigenvalue weighted by molar-refractivity contribution is 0.232. The largest absolute Gasteiger partial charge is 0.461 e. The van der Waals surface area contributed by atoms with Crippen LogP contribution in [0.3, 0.4) is 0 Å². The molecule has 0 bridgehead atoms. The summed E-state index contributed by atoms with van der Waals surface area (Å²) in [5, 5.41) is 3.40. The predicted molar refractivity (Wildman–Crippen MR) is 80.2 cm³/mol. The highest BCUT2D eigenvalue weighted by atomic mass is 35.5. The number of hydrogen-bond acceptors (Lipinski definition) is 3. The molecule has 0 atom stereocenters. The number of rotatable bonds is 2. The summed E-state index contributed by atoms with van der Waals surface area (Å²) in [5.74, 6) is 1.77. The topological polar surface area (TPSA) is 43.0 Å². The van der Waals surface area contributed by atoms with Crippen LogP contribution in [-0.2, 0) is 5.54 Å². The zero-order valence-electron chi connectivity index (χ0n) is 10.8. The van der Waals surface area contributed by atoms with Gasteiger partial charge in [0, 0.05) is 17.9 Å². The van der Waals surface area contributed by atoms with E-state index in [0.717, 1.165) is 37.5 Å². The van der Waals surface area contributed by atoms with E-state index in [1.54, 1.807) is 6.26 Å². The Labute approximate surface area is 125 Å². The molecule has 3 rings (SSSR count). The normalized spacial score (nSPS) is 17.3. The van der Waals surface area contributed by atoms with E-state index in [-0.39, 0.29) is 30.4 Å². The van der Waals surface area contributed by atoms with Crippen molar-refractivity contribution >= 4 is 24.8 Å². The highest BCUT2D eigenvalue weighted by Crippen LogP contribution is 2.31. The minimum absolute atomic E-state index is 0. The number of nitrogens with zero attached hydrogens (tertiary/aromatic N) is 2. The van der Waals surface area contributed by atoms with Gasteiger partial charge in [-0.15, -0.1) is 24.8 Å². The number of hydrogen-bond donors (Lipinski definition) is 1. The van der Waals surface area contributed by atoms with Crippen LogP contribution in [-0.4, -0.2) is 22.6 Å². The van der Waals surface area contributed by atoms with Crippen molar-refractivity contribution in [1.82, 2.24) is 14.9 Å². The van der Waals surface area contributed by atoms with Gasteiger partial charge in [0.15, 0.2) is 11.6 Å². The average Bonchev–Trinajstić information content (AvgIpc) is 3.01. The summed E-state index contributed by atoms with van der Waals surface area (Å²) in [5.41, 5.74) is 0.143. The fourth-order valence-electron chi connectivity index (χ4n) is 2.53. The lowest BCUT2D eigenvalue weighted by Gasteiger charge is -2.36. The van der Waals surface area contributed by atoms with Crippen molar-refractivity contribution in [1.29, 1.82) is 0 Å². The van der Waals surface area contributed by atoms with Crippen LogP contribution in [0.15, 0.2) is 35.2 Å². The van der Waals surface area contributed by atoms with Crippen molar-refractivity contribution < 1.29 is 4.42 Å². The van der Waals surface area contributed by atoms with Gasteiger partial charge in [-0.1, -0.05) is 0 Å². The number of imidazole rings is 1. The maximum absolute atomic E-state index is 5.46. The van der Waals surface area contributed by atoms with Gasteiger partial charge in [-0.3, -0.25) is 0 Å². The Morgan fingerprint density at radius 1 is 1.32 bits per heavy atom. The Morgan fingerprint density at radius 3 is 2.68 bits per heavy atom. The van der Waals surface area contributed by atoms with E-state index in [9.17, 15) is 0 Å². The van der Waals surface area contributed by atoms with Gasteiger partial charge in [0.25, 0.3) is 0 Å². The number of aromatic nitrogens is 2. The van der Waals surface area contributed by atoms with Crippen molar-refractivity contribution in [3.8, 4) is 11.6 Å². The summed E-state index contributed by atoms with van der Waals surface area (Å²) in [6.07, 6.45) is 7.85. The van der Waals surface area contributed by atoms with E-state index >= 15 is 0 Å². The van der Waals surface area contributed by atoms with Gasteiger partial charge in [0.1, 0.15) is 0 Å². The molecule has 0 unspecified atom stereocenters. The third-order valence-corrected chi connectivity index (χ3v) is 3.64. The van der Waals surface area contributed by atoms with Crippen molar-refractivity contribution in [3.05, 3.63) is 30.8 Å². The van der Waals surface area contributed by atoms with E-state index in [1.165, 1.54) is 0 Å². The van der Waals surface area contributed by atoms with Crippen LogP contribution >= 0.6 is 24.8 Å². The van der Waals surface area contributed by atoms with Crippen molar-refractivity contribution in [2.45, 2.75) is 25.3 Å². The SMILES string of the molecule is CC1(n2ccnc2-c2ccco2)CCNCC1.Cl.Cl. The lowest BCUT2D eigenvalue weighted by Crippen LogP contribution is -2.41. The average molecular weight is 304 g/mol. The third-order valence-electron chi connectivity index (χ3n) is 3.64. The van der Waals surface area contributed by atoms with Crippen LogP contribution in [0.4, 0.5) is 0 Å². The lowest BCUT2D eigenvalue weighted by atomic mass is 9.90. The van der Waals surface area contributed by atoms with Gasteiger partial charge in [-0.05, 0) is 45.0 Å². The Hall–Kier alpha value is -0.970. The molecule has 2 aromatic heterocycles. The quantitative estimate of drug-likeness (QED) is 0.927. The molecule has 1 aliphatic heterocycles. The van der Waals surface area contributed by atoms with Gasteiger partial charge >= 0.3 is 0 Å². The van der Waals surface area contributed by atoms with Gasteiger partial charge in [-0.2, -0.15) is 0 Å². The molecule has 0 aliphatic carbocycles. The molecule has 4 nitrogen and oxygen atoms in total. The van der Waals surface area contributed by atoms with E-state index in [1.807, 2.05) is 18.3 Å². The van der Waals surface area contributed by atoms with E-state index < -0.39 is 0 Å². The first-order chi connectivity index (χ1) is 8.30. The van der Waals surface area contributed by atoms with Crippen LogP contribution in [0, 0.1) is 0 Å². The fraction of sp³-hybridized carbons (Fsp3) is 0.462. The zero-order valence-corrected chi connectivity index (χ0v) is 12.5. The number of nitrogens with one attached hydrogen (secondary N) is 1. The van der Waals surface area contributed by atoms with Crippen LogP contribution in [0.25, 0.3) is 11.6 Å². The van der Waals surface area contributed by atoms with Gasteiger partial charge in [0.05, 0.1) is 6.26 Å². The van der Waals surface area contributed by atoms with Gasteiger partial charge < -0.3 is 14.3 Å². The van der Waals surface area contributed by atoms with Crippen LogP contribution < -0.4 is 5.32 Å². The summed E-state index contributed by atoms with van der Waals surface area (Å²) in [6.45, 7) is 4.42. The molecule has 2 aromatic rings. The smallest absolute Gasteiger partial charge is 0.176 e. The van der Waals surface area contributed by atoms with Crippen molar-refractivity contribution in [3.63, 3.8) is 0 Å². The van der Waals surface area contributed by atoms with Crippen molar-refractivity contribution in [2.24, 2.45) is 0 Å². The second-order valence-corrected chi connectivity index (χ2v) is 4.85.